The zero-order valence-corrected chi connectivity index (χ0v) is 46.5. The van der Waals surface area contributed by atoms with E-state index in [1.165, 1.54) is 63.7 Å². The lowest BCUT2D eigenvalue weighted by Crippen LogP contribution is -2.23. The fraction of sp³-hybridized carbons (Fsp3) is 0. The fourth-order valence-electron chi connectivity index (χ4n) is 9.48. The Hall–Kier alpha value is -8.04. The van der Waals surface area contributed by atoms with Gasteiger partial charge >= 0.3 is 0 Å². The molecule has 0 radical (unpaired) electrons. The molecule has 0 aliphatic carbocycles. The Morgan fingerprint density at radius 3 is 0.423 bits per heavy atom. The Labute approximate surface area is 464 Å². The second-order valence-corrected chi connectivity index (χ2v) is 26.8. The van der Waals surface area contributed by atoms with E-state index in [-0.39, 0.29) is 0 Å². The molecule has 78 heavy (non-hydrogen) atoms. The van der Waals surface area contributed by atoms with Gasteiger partial charge in [0, 0.05) is 21.2 Å². The molecule has 376 valence electrons. The molecule has 0 fully saturated rings. The molecule has 0 saturated carbocycles. The second kappa shape index (κ2) is 26.3. The normalized spacial score (nSPS) is 11.0. The van der Waals surface area contributed by atoms with Gasteiger partial charge in [-0.3, -0.25) is 0 Å². The van der Waals surface area contributed by atoms with Crippen molar-refractivity contribution in [3.63, 3.8) is 0 Å². The summed E-state index contributed by atoms with van der Waals surface area (Å²) in [5, 5.41) is 15.3. The Kier molecular flexibility index (Phi) is 17.6. The minimum atomic E-state index is -0.795. The molecule has 12 aromatic rings. The first-order chi connectivity index (χ1) is 38.8. The van der Waals surface area contributed by atoms with Crippen molar-refractivity contribution < 1.29 is 9.47 Å². The smallest absolute Gasteiger partial charge is 0.135 e. The van der Waals surface area contributed by atoms with E-state index in [9.17, 15) is 0 Å². The zero-order chi connectivity index (χ0) is 52.6. The molecule has 6 heteroatoms. The Bertz CT molecular complexity index is 3090. The molecule has 12 aromatic carbocycles. The van der Waals surface area contributed by atoms with Crippen molar-refractivity contribution in [2.45, 2.75) is 0 Å². The van der Waals surface area contributed by atoms with Crippen LogP contribution in [0.4, 0.5) is 0 Å². The highest BCUT2D eigenvalue weighted by Crippen LogP contribution is 2.43. The maximum atomic E-state index is 6.92. The molecule has 0 unspecified atom stereocenters. The van der Waals surface area contributed by atoms with E-state index in [4.69, 9.17) is 9.47 Å². The van der Waals surface area contributed by atoms with Crippen LogP contribution in [-0.2, 0) is 0 Å². The van der Waals surface area contributed by atoms with Gasteiger partial charge in [-0.05, 0) is 98.4 Å². The summed E-state index contributed by atoms with van der Waals surface area (Å²) < 4.78 is 13.8. The minimum absolute atomic E-state index is 0.795. The maximum Gasteiger partial charge on any atom is 0.135 e. The number of hydrogen-bond acceptors (Lipinski definition) is 2. The molecule has 0 bridgehead atoms. The van der Waals surface area contributed by atoms with E-state index < -0.39 is 31.7 Å². The molecule has 12 rings (SSSR count). The number of hydrogen-bond donors (Lipinski definition) is 0. The molecule has 0 N–H and O–H groups in total. The first-order valence-corrected chi connectivity index (χ1v) is 31.5. The van der Waals surface area contributed by atoms with E-state index in [2.05, 4.69) is 340 Å². The Balaban J connectivity index is 0.000000165. The second-order valence-electron chi connectivity index (χ2n) is 18.1. The van der Waals surface area contributed by atoms with Crippen LogP contribution < -0.4 is 73.1 Å². The molecule has 0 aromatic heterocycles. The molecule has 0 aliphatic heterocycles. The van der Waals surface area contributed by atoms with Gasteiger partial charge in [0.05, 0.1) is 0 Å². The van der Waals surface area contributed by atoms with Gasteiger partial charge in [0.15, 0.2) is 0 Å². The van der Waals surface area contributed by atoms with E-state index in [1.54, 1.807) is 0 Å². The fourth-order valence-corrected chi connectivity index (χ4v) is 19.0. The van der Waals surface area contributed by atoms with Gasteiger partial charge in [-0.2, -0.15) is 0 Å². The van der Waals surface area contributed by atoms with Crippen LogP contribution >= 0.6 is 31.7 Å². The largest absolute Gasteiger partial charge is 0.456 e. The molecule has 2 nitrogen and oxygen atoms in total. The van der Waals surface area contributed by atoms with Crippen LogP contribution in [0.3, 0.4) is 0 Å². The van der Waals surface area contributed by atoms with Gasteiger partial charge < -0.3 is 9.47 Å². The van der Waals surface area contributed by atoms with Crippen molar-refractivity contribution in [2.24, 2.45) is 0 Å². The lowest BCUT2D eigenvalue weighted by Gasteiger charge is -2.25. The van der Waals surface area contributed by atoms with Gasteiger partial charge in [0.1, 0.15) is 23.0 Å². The molecule has 0 atom stereocenters. The Morgan fingerprint density at radius 2 is 0.269 bits per heavy atom. The van der Waals surface area contributed by atoms with Crippen molar-refractivity contribution in [1.29, 1.82) is 0 Å². The summed E-state index contributed by atoms with van der Waals surface area (Å²) in [6.07, 6.45) is 0. The van der Waals surface area contributed by atoms with Crippen molar-refractivity contribution >= 4 is 95.3 Å². The van der Waals surface area contributed by atoms with Crippen LogP contribution in [0.25, 0.3) is 0 Å². The predicted molar refractivity (Wildman–Crippen MR) is 341 cm³/mol. The summed E-state index contributed by atoms with van der Waals surface area (Å²) in [5.41, 5.74) is 0. The average Bonchev–Trinajstić information content (AvgIpc) is 3.53. The summed E-state index contributed by atoms with van der Waals surface area (Å²) >= 11 is 0. The van der Waals surface area contributed by atoms with Gasteiger partial charge in [-0.25, -0.2) is 0 Å². The van der Waals surface area contributed by atoms with Gasteiger partial charge in [-0.15, -0.1) is 0 Å². The molecule has 0 saturated heterocycles. The summed E-state index contributed by atoms with van der Waals surface area (Å²) in [4.78, 5) is 0. The average molecular weight is 1080 g/mol. The highest BCUT2D eigenvalue weighted by atomic mass is 31.1. The first kappa shape index (κ1) is 52.0. The van der Waals surface area contributed by atoms with Crippen LogP contribution in [0, 0.1) is 0 Å². The molecule has 0 spiro atoms. The number of ether oxygens (including phenoxy) is 2. The lowest BCUT2D eigenvalue weighted by atomic mass is 10.3. The van der Waals surface area contributed by atoms with Crippen molar-refractivity contribution in [3.05, 3.63) is 340 Å². The standard InChI is InChI=1S/2C36H28OP2/c2*1-5-17-29(18-6-1)38(30-19-7-2-8-20-30)35-27-15-13-25-33(35)37-34-26-14-16-28-36(34)39(31-21-9-3-10-22-31)32-23-11-4-12-24-32/h2*1-28H. The number of benzene rings is 12. The van der Waals surface area contributed by atoms with Crippen LogP contribution in [-0.4, -0.2) is 0 Å². The highest BCUT2D eigenvalue weighted by molar-refractivity contribution is 7.81. The first-order valence-electron chi connectivity index (χ1n) is 26.1. The van der Waals surface area contributed by atoms with Gasteiger partial charge in [-0.1, -0.05) is 315 Å². The van der Waals surface area contributed by atoms with Crippen molar-refractivity contribution in [3.8, 4) is 23.0 Å². The van der Waals surface area contributed by atoms with Gasteiger partial charge in [0.25, 0.3) is 0 Å². The van der Waals surface area contributed by atoms with Crippen molar-refractivity contribution in [1.82, 2.24) is 0 Å². The summed E-state index contributed by atoms with van der Waals surface area (Å²) in [5.74, 6) is 3.61. The van der Waals surface area contributed by atoms with Crippen molar-refractivity contribution in [2.75, 3.05) is 0 Å². The molecule has 0 amide bonds. The van der Waals surface area contributed by atoms with E-state index in [0.717, 1.165) is 23.0 Å². The number of para-hydroxylation sites is 4. The van der Waals surface area contributed by atoms with Crippen LogP contribution in [0.2, 0.25) is 0 Å². The minimum Gasteiger partial charge on any atom is -0.456 e. The summed E-state index contributed by atoms with van der Waals surface area (Å²) in [6.45, 7) is 0. The maximum absolute atomic E-state index is 6.92. The summed E-state index contributed by atoms with van der Waals surface area (Å²) in [7, 11) is -3.18. The van der Waals surface area contributed by atoms with E-state index >= 15 is 0 Å². The van der Waals surface area contributed by atoms with Crippen LogP contribution in [0.1, 0.15) is 0 Å². The third kappa shape index (κ3) is 12.5. The predicted octanol–water partition coefficient (Wildman–Crippen LogP) is 14.0. The van der Waals surface area contributed by atoms with Gasteiger partial charge in [0.2, 0.25) is 0 Å². The third-order valence-corrected chi connectivity index (χ3v) is 22.9. The SMILES string of the molecule is c1ccc(P(c2ccccc2)c2ccccc2Oc2ccccc2P(c2ccccc2)c2ccccc2)cc1.c1ccc(P(c2ccccc2)c2ccccc2Oc2ccccc2P(c2ccccc2)c2ccccc2)cc1. The summed E-state index contributed by atoms with van der Waals surface area (Å²) in [6, 6.07) is 120. The lowest BCUT2D eigenvalue weighted by molar-refractivity contribution is 0.490. The topological polar surface area (TPSA) is 18.5 Å². The van der Waals surface area contributed by atoms with Crippen LogP contribution in [0.5, 0.6) is 23.0 Å². The molecular weight excluding hydrogens is 1020 g/mol. The molecule has 0 aliphatic rings. The molecular formula is C72H56O2P4. The third-order valence-electron chi connectivity index (χ3n) is 13.0. The van der Waals surface area contributed by atoms with Crippen LogP contribution in [0.15, 0.2) is 340 Å². The monoisotopic (exact) mass is 1080 g/mol. The Morgan fingerprint density at radius 1 is 0.141 bits per heavy atom. The number of rotatable bonds is 16. The van der Waals surface area contributed by atoms with E-state index in [1.807, 2.05) is 0 Å². The zero-order valence-electron chi connectivity index (χ0n) is 42.9. The quantitative estimate of drug-likeness (QED) is 0.0898. The molecule has 0 heterocycles. The highest BCUT2D eigenvalue weighted by Gasteiger charge is 2.26. The van der Waals surface area contributed by atoms with E-state index in [0.29, 0.717) is 0 Å².